The minimum atomic E-state index is -0.123. The highest BCUT2D eigenvalue weighted by Crippen LogP contribution is 2.03. The highest BCUT2D eigenvalue weighted by molar-refractivity contribution is 4.89. The van der Waals surface area contributed by atoms with Gasteiger partial charge in [-0.1, -0.05) is 0 Å². The Balaban J connectivity index is 2.56. The number of hydrogen-bond donors (Lipinski definition) is 3. The number of nitrogens with two attached hydrogens (primary N) is 1. The van der Waals surface area contributed by atoms with Crippen molar-refractivity contribution < 1.29 is 4.74 Å². The van der Waals surface area contributed by atoms with E-state index in [0.29, 0.717) is 12.4 Å². The number of aromatic amines is 1. The third-order valence-electron chi connectivity index (χ3n) is 1.30. The third-order valence-corrected chi connectivity index (χ3v) is 1.30. The Labute approximate surface area is 64.1 Å². The van der Waals surface area contributed by atoms with Crippen molar-refractivity contribution >= 4 is 0 Å². The number of nitrogens with one attached hydrogen (secondary N) is 2. The van der Waals surface area contributed by atoms with Gasteiger partial charge in [-0.05, 0) is 0 Å². The van der Waals surface area contributed by atoms with Crippen LogP contribution in [-0.2, 0) is 4.74 Å². The Bertz CT molecular complexity index is 187. The highest BCUT2D eigenvalue weighted by Gasteiger charge is 2.10. The fourth-order valence-corrected chi connectivity index (χ4v) is 0.755. The van der Waals surface area contributed by atoms with Crippen molar-refractivity contribution in [2.45, 2.75) is 6.04 Å². The minimum absolute atomic E-state index is 0.123. The number of aromatic nitrogens is 3. The molecule has 0 aliphatic carbocycles. The maximum atomic E-state index is 5.23. The molecule has 0 aliphatic rings. The zero-order valence-corrected chi connectivity index (χ0v) is 6.24. The number of rotatable bonds is 4. The van der Waals surface area contributed by atoms with Crippen molar-refractivity contribution in [1.29, 1.82) is 0 Å². The van der Waals surface area contributed by atoms with Gasteiger partial charge >= 0.3 is 0 Å². The summed E-state index contributed by atoms with van der Waals surface area (Å²) in [4.78, 5) is 3.92. The van der Waals surface area contributed by atoms with Gasteiger partial charge in [-0.3, -0.25) is 10.9 Å². The van der Waals surface area contributed by atoms with Crippen LogP contribution in [0, 0.1) is 0 Å². The fraction of sp³-hybridized carbons (Fsp3) is 0.600. The number of hydrogen-bond acceptors (Lipinski definition) is 5. The molecule has 1 heterocycles. The van der Waals surface area contributed by atoms with Gasteiger partial charge in [-0.2, -0.15) is 5.10 Å². The molecule has 1 aromatic heterocycles. The molecule has 0 spiro atoms. The largest absolute Gasteiger partial charge is 0.383 e. The van der Waals surface area contributed by atoms with Gasteiger partial charge in [0.05, 0.1) is 6.61 Å². The summed E-state index contributed by atoms with van der Waals surface area (Å²) in [5, 5.41) is 6.38. The van der Waals surface area contributed by atoms with Crippen molar-refractivity contribution in [1.82, 2.24) is 20.6 Å². The summed E-state index contributed by atoms with van der Waals surface area (Å²) in [5.41, 5.74) is 2.55. The van der Waals surface area contributed by atoms with Gasteiger partial charge in [0.15, 0.2) is 0 Å². The maximum Gasteiger partial charge on any atom is 0.145 e. The van der Waals surface area contributed by atoms with E-state index >= 15 is 0 Å². The molecule has 1 aromatic rings. The van der Waals surface area contributed by atoms with Gasteiger partial charge in [0.25, 0.3) is 0 Å². The van der Waals surface area contributed by atoms with Crippen LogP contribution in [-0.4, -0.2) is 28.9 Å². The summed E-state index contributed by atoms with van der Waals surface area (Å²) in [6.07, 6.45) is 1.43. The Morgan fingerprint density at radius 1 is 1.91 bits per heavy atom. The second kappa shape index (κ2) is 4.02. The SMILES string of the molecule is COCC(NN)c1ncn[nH]1. The predicted octanol–water partition coefficient (Wildman–Crippen LogP) is -1.04. The molecule has 62 valence electrons. The van der Waals surface area contributed by atoms with E-state index in [0.717, 1.165) is 0 Å². The molecule has 1 rings (SSSR count). The lowest BCUT2D eigenvalue weighted by molar-refractivity contribution is 0.164. The minimum Gasteiger partial charge on any atom is -0.383 e. The molecule has 4 N–H and O–H groups in total. The van der Waals surface area contributed by atoms with Crippen LogP contribution in [0.2, 0.25) is 0 Å². The summed E-state index contributed by atoms with van der Waals surface area (Å²) in [7, 11) is 1.60. The lowest BCUT2D eigenvalue weighted by atomic mass is 10.3. The molecule has 0 saturated heterocycles. The van der Waals surface area contributed by atoms with E-state index in [-0.39, 0.29) is 6.04 Å². The first kappa shape index (κ1) is 8.12. The van der Waals surface area contributed by atoms with Gasteiger partial charge < -0.3 is 4.74 Å². The summed E-state index contributed by atoms with van der Waals surface area (Å²) in [5.74, 6) is 5.91. The van der Waals surface area contributed by atoms with Crippen LogP contribution < -0.4 is 11.3 Å². The zero-order chi connectivity index (χ0) is 8.10. The molecule has 6 heteroatoms. The number of nitrogens with zero attached hydrogens (tertiary/aromatic N) is 2. The number of hydrazine groups is 1. The summed E-state index contributed by atoms with van der Waals surface area (Å²) in [6.45, 7) is 0.464. The average molecular weight is 157 g/mol. The van der Waals surface area contributed by atoms with Crippen molar-refractivity contribution in [2.75, 3.05) is 13.7 Å². The first-order valence-corrected chi connectivity index (χ1v) is 3.18. The van der Waals surface area contributed by atoms with Crippen LogP contribution in [0.3, 0.4) is 0 Å². The molecule has 0 saturated carbocycles. The van der Waals surface area contributed by atoms with Crippen LogP contribution in [0.1, 0.15) is 11.9 Å². The number of H-pyrrole nitrogens is 1. The summed E-state index contributed by atoms with van der Waals surface area (Å²) < 4.78 is 4.89. The summed E-state index contributed by atoms with van der Waals surface area (Å²) in [6, 6.07) is -0.123. The van der Waals surface area contributed by atoms with Gasteiger partial charge in [-0.25, -0.2) is 10.4 Å². The van der Waals surface area contributed by atoms with E-state index < -0.39 is 0 Å². The van der Waals surface area contributed by atoms with E-state index in [9.17, 15) is 0 Å². The van der Waals surface area contributed by atoms with Gasteiger partial charge in [0, 0.05) is 7.11 Å². The highest BCUT2D eigenvalue weighted by atomic mass is 16.5. The van der Waals surface area contributed by atoms with Gasteiger partial charge in [0.2, 0.25) is 0 Å². The normalized spacial score (nSPS) is 13.3. The molecule has 0 radical (unpaired) electrons. The topological polar surface area (TPSA) is 88.8 Å². The number of ether oxygens (including phenoxy) is 1. The molecule has 1 unspecified atom stereocenters. The predicted molar refractivity (Wildman–Crippen MR) is 38.3 cm³/mol. The van der Waals surface area contributed by atoms with E-state index in [2.05, 4.69) is 20.6 Å². The standard InChI is InChI=1S/C5H11N5O/c1-11-2-4(9-6)5-7-3-8-10-5/h3-4,9H,2,6H2,1H3,(H,7,8,10). The molecule has 0 aromatic carbocycles. The second-order valence-corrected chi connectivity index (χ2v) is 2.05. The van der Waals surface area contributed by atoms with E-state index in [1.807, 2.05) is 0 Å². The van der Waals surface area contributed by atoms with Crippen LogP contribution in [0.25, 0.3) is 0 Å². The summed E-state index contributed by atoms with van der Waals surface area (Å²) >= 11 is 0. The molecule has 0 amide bonds. The molecule has 1 atom stereocenters. The quantitative estimate of drug-likeness (QED) is 0.383. The molecule has 6 nitrogen and oxygen atoms in total. The lowest BCUT2D eigenvalue weighted by Crippen LogP contribution is -2.31. The first-order chi connectivity index (χ1) is 5.38. The van der Waals surface area contributed by atoms with Crippen LogP contribution in [0.5, 0.6) is 0 Å². The Kier molecular flexibility index (Phi) is 2.96. The maximum absolute atomic E-state index is 5.23. The van der Waals surface area contributed by atoms with Crippen molar-refractivity contribution in [3.63, 3.8) is 0 Å². The van der Waals surface area contributed by atoms with Crippen molar-refractivity contribution in [3.8, 4) is 0 Å². The van der Waals surface area contributed by atoms with Crippen LogP contribution in [0.4, 0.5) is 0 Å². The smallest absolute Gasteiger partial charge is 0.145 e. The molecule has 0 bridgehead atoms. The Hall–Kier alpha value is -0.980. The second-order valence-electron chi connectivity index (χ2n) is 2.05. The third kappa shape index (κ3) is 1.97. The fourth-order valence-electron chi connectivity index (χ4n) is 0.755. The van der Waals surface area contributed by atoms with Gasteiger partial charge in [-0.15, -0.1) is 0 Å². The van der Waals surface area contributed by atoms with Gasteiger partial charge in [0.1, 0.15) is 18.2 Å². The van der Waals surface area contributed by atoms with Crippen LogP contribution >= 0.6 is 0 Å². The molecule has 11 heavy (non-hydrogen) atoms. The Morgan fingerprint density at radius 2 is 2.73 bits per heavy atom. The van der Waals surface area contributed by atoms with E-state index in [1.165, 1.54) is 6.33 Å². The number of methoxy groups -OCH3 is 1. The lowest BCUT2D eigenvalue weighted by Gasteiger charge is -2.10. The Morgan fingerprint density at radius 3 is 3.18 bits per heavy atom. The average Bonchev–Trinajstić information content (AvgIpc) is 2.52. The van der Waals surface area contributed by atoms with Crippen molar-refractivity contribution in [3.05, 3.63) is 12.2 Å². The first-order valence-electron chi connectivity index (χ1n) is 3.18. The zero-order valence-electron chi connectivity index (χ0n) is 6.24. The van der Waals surface area contributed by atoms with Crippen LogP contribution in [0.15, 0.2) is 6.33 Å². The van der Waals surface area contributed by atoms with Crippen molar-refractivity contribution in [2.24, 2.45) is 5.84 Å². The molecule has 0 aliphatic heterocycles. The van der Waals surface area contributed by atoms with E-state index in [1.54, 1.807) is 7.11 Å². The molecule has 0 fully saturated rings. The monoisotopic (exact) mass is 157 g/mol. The van der Waals surface area contributed by atoms with E-state index in [4.69, 9.17) is 10.6 Å². The molecular weight excluding hydrogens is 146 g/mol. The molecular formula is C5H11N5O.